The van der Waals surface area contributed by atoms with E-state index in [1.54, 1.807) is 0 Å². The fraction of sp³-hybridized carbons (Fsp3) is 0. The van der Waals surface area contributed by atoms with E-state index in [9.17, 15) is 0 Å². The lowest BCUT2D eigenvalue weighted by Gasteiger charge is -2.10. The zero-order chi connectivity index (χ0) is 12.4. The van der Waals surface area contributed by atoms with Gasteiger partial charge in [-0.05, 0) is 45.7 Å². The summed E-state index contributed by atoms with van der Waals surface area (Å²) in [4.78, 5) is 7.81. The first-order valence-electron chi connectivity index (χ1n) is 4.56. The topological polar surface area (TPSA) is 63.8 Å². The molecule has 0 saturated heterocycles. The Morgan fingerprint density at radius 3 is 2.82 bits per heavy atom. The molecule has 0 aliphatic carbocycles. The molecule has 2 rings (SSSR count). The van der Waals surface area contributed by atoms with E-state index in [2.05, 4.69) is 47.1 Å². The second-order valence-corrected chi connectivity index (χ2v) is 5.30. The number of nitrogens with zero attached hydrogens (tertiary/aromatic N) is 2. The van der Waals surface area contributed by atoms with Crippen LogP contribution in [0.1, 0.15) is 0 Å². The second-order valence-electron chi connectivity index (χ2n) is 3.19. The molecule has 0 radical (unpaired) electrons. The monoisotopic (exact) mass is 376 g/mol. The van der Waals surface area contributed by atoms with Crippen molar-refractivity contribution in [1.82, 2.24) is 9.97 Å². The number of benzene rings is 1. The highest BCUT2D eigenvalue weighted by Crippen LogP contribution is 2.30. The summed E-state index contributed by atoms with van der Waals surface area (Å²) in [6.45, 7) is 0. The van der Waals surface area contributed by atoms with Crippen LogP contribution in [0.4, 0.5) is 17.2 Å². The van der Waals surface area contributed by atoms with E-state index in [0.29, 0.717) is 11.5 Å². The molecule has 0 aliphatic rings. The van der Waals surface area contributed by atoms with Gasteiger partial charge in [-0.1, -0.05) is 15.9 Å². The summed E-state index contributed by atoms with van der Waals surface area (Å²) in [5.41, 5.74) is 7.02. The molecule has 0 fully saturated rings. The van der Waals surface area contributed by atoms with Gasteiger partial charge in [0.1, 0.15) is 0 Å². The Morgan fingerprint density at radius 1 is 1.29 bits per heavy atom. The quantitative estimate of drug-likeness (QED) is 0.776. The van der Waals surface area contributed by atoms with Gasteiger partial charge < -0.3 is 11.1 Å². The first-order chi connectivity index (χ1) is 8.06. The Bertz CT molecular complexity index is 512. The molecule has 1 heterocycles. The molecule has 2 aromatic rings. The van der Waals surface area contributed by atoms with Crippen molar-refractivity contribution in [2.24, 2.45) is 0 Å². The lowest BCUT2D eigenvalue weighted by molar-refractivity contribution is 1.17. The minimum absolute atomic E-state index is 0.146. The number of nitrogen functional groups attached to an aromatic ring is 1. The summed E-state index contributed by atoms with van der Waals surface area (Å²) >= 11 is 12.5. The number of hydrogen-bond donors (Lipinski definition) is 2. The van der Waals surface area contributed by atoms with E-state index in [1.807, 2.05) is 18.2 Å². The minimum atomic E-state index is 0.146. The number of hydrogen-bond acceptors (Lipinski definition) is 4. The third-order valence-electron chi connectivity index (χ3n) is 1.97. The maximum atomic E-state index is 5.75. The summed E-state index contributed by atoms with van der Waals surface area (Å²) in [6, 6.07) is 5.73. The molecule has 0 atom stereocenters. The molecule has 7 heteroatoms. The zero-order valence-corrected chi connectivity index (χ0v) is 12.3. The maximum Gasteiger partial charge on any atom is 0.224 e. The third-order valence-corrected chi connectivity index (χ3v) is 3.34. The van der Waals surface area contributed by atoms with Crippen molar-refractivity contribution in [2.45, 2.75) is 0 Å². The average Bonchev–Trinajstić information content (AvgIpc) is 2.28. The number of halogens is 3. The van der Waals surface area contributed by atoms with Gasteiger partial charge in [-0.25, -0.2) is 4.98 Å². The number of anilines is 3. The number of rotatable bonds is 2. The van der Waals surface area contributed by atoms with Crippen LogP contribution in [-0.2, 0) is 0 Å². The Labute approximate surface area is 120 Å². The summed E-state index contributed by atoms with van der Waals surface area (Å²) in [7, 11) is 0. The average molecular weight is 378 g/mol. The summed E-state index contributed by atoms with van der Waals surface area (Å²) in [5, 5.41) is 3.23. The van der Waals surface area contributed by atoms with Gasteiger partial charge in [0.15, 0.2) is 5.82 Å². The van der Waals surface area contributed by atoms with Crippen LogP contribution in [0.25, 0.3) is 0 Å². The number of nitrogens with one attached hydrogen (secondary N) is 1. The van der Waals surface area contributed by atoms with Gasteiger partial charge in [-0.15, -0.1) is 0 Å². The van der Waals surface area contributed by atoms with E-state index in [4.69, 9.17) is 17.3 Å². The molecule has 3 N–H and O–H groups in total. The molecule has 88 valence electrons. The van der Waals surface area contributed by atoms with Gasteiger partial charge in [-0.2, -0.15) is 4.98 Å². The highest BCUT2D eigenvalue weighted by molar-refractivity contribution is 9.11. The Kier molecular flexibility index (Phi) is 3.86. The second kappa shape index (κ2) is 5.20. The highest BCUT2D eigenvalue weighted by atomic mass is 79.9. The molecule has 1 aromatic carbocycles. The minimum Gasteiger partial charge on any atom is -0.394 e. The van der Waals surface area contributed by atoms with Crippen LogP contribution in [0.5, 0.6) is 0 Å². The van der Waals surface area contributed by atoms with Crippen molar-refractivity contribution in [3.8, 4) is 0 Å². The van der Waals surface area contributed by atoms with E-state index in [1.165, 1.54) is 6.20 Å². The van der Waals surface area contributed by atoms with Crippen molar-refractivity contribution >= 4 is 60.7 Å². The van der Waals surface area contributed by atoms with Gasteiger partial charge >= 0.3 is 0 Å². The predicted octanol–water partition coefficient (Wildman–Crippen LogP) is 3.98. The Balaban J connectivity index is 2.37. The zero-order valence-electron chi connectivity index (χ0n) is 8.42. The lowest BCUT2D eigenvalue weighted by Crippen LogP contribution is -2.01. The van der Waals surface area contributed by atoms with Crippen LogP contribution in [0.15, 0.2) is 33.3 Å². The maximum absolute atomic E-state index is 5.75. The van der Waals surface area contributed by atoms with E-state index in [-0.39, 0.29) is 5.28 Å². The van der Waals surface area contributed by atoms with Crippen LogP contribution >= 0.6 is 43.5 Å². The van der Waals surface area contributed by atoms with Gasteiger partial charge in [0.25, 0.3) is 0 Å². The molecule has 1 aromatic heterocycles. The molecule has 17 heavy (non-hydrogen) atoms. The first-order valence-corrected chi connectivity index (χ1v) is 6.53. The summed E-state index contributed by atoms with van der Waals surface area (Å²) in [5.74, 6) is 0.476. The van der Waals surface area contributed by atoms with E-state index in [0.717, 1.165) is 14.6 Å². The highest BCUT2D eigenvalue weighted by Gasteiger charge is 2.06. The number of nitrogens with two attached hydrogens (primary N) is 1. The van der Waals surface area contributed by atoms with Crippen molar-refractivity contribution < 1.29 is 0 Å². The molecular weight excluding hydrogens is 371 g/mol. The summed E-state index contributed by atoms with van der Waals surface area (Å²) < 4.78 is 1.84. The number of aromatic nitrogens is 2. The van der Waals surface area contributed by atoms with Gasteiger partial charge in [0.05, 0.1) is 17.6 Å². The molecule has 0 aliphatic heterocycles. The molecule has 0 spiro atoms. The van der Waals surface area contributed by atoms with E-state index < -0.39 is 0 Å². The fourth-order valence-electron chi connectivity index (χ4n) is 1.19. The molecule has 0 saturated carbocycles. The third kappa shape index (κ3) is 3.08. The molecule has 0 unspecified atom stereocenters. The molecule has 0 bridgehead atoms. The van der Waals surface area contributed by atoms with Crippen molar-refractivity contribution in [3.63, 3.8) is 0 Å². The largest absolute Gasteiger partial charge is 0.394 e. The smallest absolute Gasteiger partial charge is 0.224 e. The fourth-order valence-corrected chi connectivity index (χ4v) is 2.03. The molecule has 0 amide bonds. The normalized spacial score (nSPS) is 10.3. The SMILES string of the molecule is Nc1cnc(Cl)nc1Nc1cc(Br)ccc1Br. The van der Waals surface area contributed by atoms with Crippen LogP contribution in [0.2, 0.25) is 5.28 Å². The molecule has 4 nitrogen and oxygen atoms in total. The predicted molar refractivity (Wildman–Crippen MR) is 76.6 cm³/mol. The Morgan fingerprint density at radius 2 is 2.06 bits per heavy atom. The van der Waals surface area contributed by atoms with Crippen molar-refractivity contribution in [2.75, 3.05) is 11.1 Å². The van der Waals surface area contributed by atoms with Gasteiger partial charge in [-0.3, -0.25) is 0 Å². The van der Waals surface area contributed by atoms with Gasteiger partial charge in [0, 0.05) is 8.95 Å². The van der Waals surface area contributed by atoms with Crippen molar-refractivity contribution in [1.29, 1.82) is 0 Å². The first kappa shape index (κ1) is 12.6. The van der Waals surface area contributed by atoms with Crippen LogP contribution in [0.3, 0.4) is 0 Å². The molecular formula is C10H7Br2ClN4. The van der Waals surface area contributed by atoms with E-state index >= 15 is 0 Å². The van der Waals surface area contributed by atoms with Crippen LogP contribution in [0, 0.1) is 0 Å². The lowest BCUT2D eigenvalue weighted by atomic mass is 10.3. The van der Waals surface area contributed by atoms with Crippen LogP contribution < -0.4 is 11.1 Å². The Hall–Kier alpha value is -0.850. The van der Waals surface area contributed by atoms with Crippen molar-refractivity contribution in [3.05, 3.63) is 38.6 Å². The standard InChI is InChI=1S/C10H7Br2ClN4/c11-5-1-2-6(12)8(3-5)16-9-7(14)4-15-10(13)17-9/h1-4H,14H2,(H,15,16,17). The van der Waals surface area contributed by atoms with Crippen LogP contribution in [-0.4, -0.2) is 9.97 Å². The van der Waals surface area contributed by atoms with Gasteiger partial charge in [0.2, 0.25) is 5.28 Å². The summed E-state index contributed by atoms with van der Waals surface area (Å²) in [6.07, 6.45) is 1.46.